The monoisotopic (exact) mass is 357 g/mol. The highest BCUT2D eigenvalue weighted by Crippen LogP contribution is 2.65. The van der Waals surface area contributed by atoms with Gasteiger partial charge in [-0.1, -0.05) is 39.2 Å². The molecule has 0 saturated heterocycles. The Morgan fingerprint density at radius 2 is 1.88 bits per heavy atom. The third kappa shape index (κ3) is 2.91. The molecular formula is C24H39NO. The van der Waals surface area contributed by atoms with Crippen LogP contribution in [0, 0.1) is 28.6 Å². The minimum atomic E-state index is 0.324. The van der Waals surface area contributed by atoms with Crippen LogP contribution in [-0.2, 0) is 4.79 Å². The van der Waals surface area contributed by atoms with Gasteiger partial charge in [0.1, 0.15) is 0 Å². The van der Waals surface area contributed by atoms with Gasteiger partial charge in [0, 0.05) is 12.5 Å². The van der Waals surface area contributed by atoms with E-state index in [0.717, 1.165) is 36.6 Å². The third-order valence-electron chi connectivity index (χ3n) is 9.13. The maximum Gasteiger partial charge on any atom is 0.155 e. The second kappa shape index (κ2) is 7.08. The summed E-state index contributed by atoms with van der Waals surface area (Å²) in [5.41, 5.74) is 2.34. The van der Waals surface area contributed by atoms with E-state index in [1.807, 2.05) is 6.08 Å². The van der Waals surface area contributed by atoms with Gasteiger partial charge in [0.15, 0.2) is 5.78 Å². The van der Waals surface area contributed by atoms with Gasteiger partial charge in [-0.2, -0.15) is 0 Å². The van der Waals surface area contributed by atoms with Crippen LogP contribution < -0.4 is 5.32 Å². The van der Waals surface area contributed by atoms with E-state index in [1.54, 1.807) is 0 Å². The molecule has 0 spiro atoms. The number of fused-ring (bicyclic) bond motifs is 5. The Bertz CT molecular complexity index is 581. The minimum Gasteiger partial charge on any atom is -0.313 e. The summed E-state index contributed by atoms with van der Waals surface area (Å²) in [6.07, 6.45) is 16.0. The summed E-state index contributed by atoms with van der Waals surface area (Å²) in [6, 6.07) is 0.739. The van der Waals surface area contributed by atoms with Crippen LogP contribution in [0.4, 0.5) is 0 Å². The zero-order valence-electron chi connectivity index (χ0n) is 17.3. The number of allylic oxidation sites excluding steroid dienone is 1. The predicted octanol–water partition coefficient (Wildman–Crippen LogP) is 5.67. The normalized spacial score (nSPS) is 44.9. The molecule has 0 aromatic rings. The summed E-state index contributed by atoms with van der Waals surface area (Å²) in [6.45, 7) is 8.61. The summed E-state index contributed by atoms with van der Waals surface area (Å²) in [7, 11) is 0. The Morgan fingerprint density at radius 1 is 1.04 bits per heavy atom. The predicted molar refractivity (Wildman–Crippen MR) is 108 cm³/mol. The highest BCUT2D eigenvalue weighted by Gasteiger charge is 2.58. The van der Waals surface area contributed by atoms with Crippen molar-refractivity contribution in [1.29, 1.82) is 0 Å². The molecule has 0 bridgehead atoms. The zero-order chi connectivity index (χ0) is 18.4. The second-order valence-corrected chi connectivity index (χ2v) is 10.3. The van der Waals surface area contributed by atoms with E-state index < -0.39 is 0 Å². The van der Waals surface area contributed by atoms with Gasteiger partial charge in [0.05, 0.1) is 0 Å². The number of carbonyl (C=O) groups excluding carboxylic acids is 1. The largest absolute Gasteiger partial charge is 0.313 e. The number of hydrogen-bond acceptors (Lipinski definition) is 2. The molecule has 4 aliphatic rings. The Morgan fingerprint density at radius 3 is 2.69 bits per heavy atom. The number of hydrogen-bond donors (Lipinski definition) is 1. The van der Waals surface area contributed by atoms with Crippen molar-refractivity contribution in [2.45, 2.75) is 97.4 Å². The molecule has 2 nitrogen and oxygen atoms in total. The van der Waals surface area contributed by atoms with Gasteiger partial charge in [-0.15, -0.1) is 0 Å². The minimum absolute atomic E-state index is 0.324. The van der Waals surface area contributed by atoms with Crippen LogP contribution in [0.25, 0.3) is 0 Å². The first-order valence-corrected chi connectivity index (χ1v) is 11.5. The SMILES string of the molecule is CCCCCN[C@H]1CC[C@H]2[C@@H]3CCC4=CC(=O)CC[C@]4(C)[C@H]3CC[C@]12C. The van der Waals surface area contributed by atoms with Crippen molar-refractivity contribution < 1.29 is 4.79 Å². The standard InChI is InChI=1S/C24H39NO/c1-4-5-6-15-25-22-10-9-20-19-8-7-17-16-18(26)11-13-23(17,2)21(19)12-14-24(20,22)3/h16,19-22,25H,4-15H2,1-3H3/t19-,20-,21-,22-,23-,24-/m0/s1. The molecule has 0 aromatic carbocycles. The molecule has 2 heteroatoms. The highest BCUT2D eigenvalue weighted by molar-refractivity contribution is 5.91. The van der Waals surface area contributed by atoms with Crippen LogP contribution in [0.3, 0.4) is 0 Å². The quantitative estimate of drug-likeness (QED) is 0.643. The Balaban J connectivity index is 1.49. The van der Waals surface area contributed by atoms with E-state index in [9.17, 15) is 4.79 Å². The van der Waals surface area contributed by atoms with Crippen LogP contribution in [-0.4, -0.2) is 18.4 Å². The first-order valence-electron chi connectivity index (χ1n) is 11.5. The average Bonchev–Trinajstić information content (AvgIpc) is 2.96. The highest BCUT2D eigenvalue weighted by atomic mass is 16.1. The molecule has 3 fully saturated rings. The lowest BCUT2D eigenvalue weighted by Crippen LogP contribution is -2.53. The van der Waals surface area contributed by atoms with Crippen molar-refractivity contribution in [3.05, 3.63) is 11.6 Å². The molecular weight excluding hydrogens is 318 g/mol. The topological polar surface area (TPSA) is 29.1 Å². The Hall–Kier alpha value is -0.630. The van der Waals surface area contributed by atoms with Gasteiger partial charge in [0.25, 0.3) is 0 Å². The summed E-state index contributed by atoms with van der Waals surface area (Å²) < 4.78 is 0. The van der Waals surface area contributed by atoms with E-state index in [1.165, 1.54) is 69.9 Å². The average molecular weight is 358 g/mol. The van der Waals surface area contributed by atoms with Gasteiger partial charge in [0.2, 0.25) is 0 Å². The maximum absolute atomic E-state index is 12.0. The molecule has 6 atom stereocenters. The van der Waals surface area contributed by atoms with Crippen LogP contribution in [0.1, 0.15) is 91.4 Å². The van der Waals surface area contributed by atoms with Gasteiger partial charge in [-0.25, -0.2) is 0 Å². The smallest absolute Gasteiger partial charge is 0.155 e. The molecule has 4 aliphatic carbocycles. The van der Waals surface area contributed by atoms with E-state index in [0.29, 0.717) is 16.6 Å². The number of rotatable bonds is 5. The molecule has 26 heavy (non-hydrogen) atoms. The summed E-state index contributed by atoms with van der Waals surface area (Å²) in [4.78, 5) is 12.0. The van der Waals surface area contributed by atoms with E-state index in [-0.39, 0.29) is 0 Å². The van der Waals surface area contributed by atoms with Crippen LogP contribution in [0.5, 0.6) is 0 Å². The van der Waals surface area contributed by atoms with Crippen molar-refractivity contribution in [2.75, 3.05) is 6.54 Å². The first kappa shape index (κ1) is 18.7. The molecule has 1 N–H and O–H groups in total. The van der Waals surface area contributed by atoms with Crippen LogP contribution in [0.2, 0.25) is 0 Å². The lowest BCUT2D eigenvalue weighted by Gasteiger charge is -2.58. The molecule has 0 heterocycles. The van der Waals surface area contributed by atoms with E-state index in [4.69, 9.17) is 0 Å². The van der Waals surface area contributed by atoms with Gasteiger partial charge in [-0.05, 0) is 92.6 Å². The maximum atomic E-state index is 12.0. The molecule has 4 rings (SSSR count). The molecule has 0 radical (unpaired) electrons. The number of nitrogens with one attached hydrogen (secondary N) is 1. The fraction of sp³-hybridized carbons (Fsp3) is 0.875. The lowest BCUT2D eigenvalue weighted by molar-refractivity contribution is -0.117. The van der Waals surface area contributed by atoms with Gasteiger partial charge >= 0.3 is 0 Å². The van der Waals surface area contributed by atoms with Crippen LogP contribution in [0.15, 0.2) is 11.6 Å². The van der Waals surface area contributed by atoms with Crippen LogP contribution >= 0.6 is 0 Å². The van der Waals surface area contributed by atoms with Crippen molar-refractivity contribution in [3.8, 4) is 0 Å². The Labute approximate surface area is 160 Å². The molecule has 0 aromatic heterocycles. The molecule has 3 saturated carbocycles. The number of carbonyl (C=O) groups is 1. The summed E-state index contributed by atoms with van der Waals surface area (Å²) >= 11 is 0. The van der Waals surface area contributed by atoms with Crippen molar-refractivity contribution in [3.63, 3.8) is 0 Å². The second-order valence-electron chi connectivity index (χ2n) is 10.3. The summed E-state index contributed by atoms with van der Waals surface area (Å²) in [5, 5.41) is 3.97. The van der Waals surface area contributed by atoms with Gasteiger partial charge in [-0.3, -0.25) is 4.79 Å². The number of unbranched alkanes of at least 4 members (excludes halogenated alkanes) is 2. The van der Waals surface area contributed by atoms with E-state index in [2.05, 4.69) is 26.1 Å². The Kier molecular flexibility index (Phi) is 5.09. The zero-order valence-corrected chi connectivity index (χ0v) is 17.3. The summed E-state index contributed by atoms with van der Waals surface area (Å²) in [5.74, 6) is 3.01. The van der Waals surface area contributed by atoms with Crippen molar-refractivity contribution in [2.24, 2.45) is 28.6 Å². The first-order chi connectivity index (χ1) is 12.5. The third-order valence-corrected chi connectivity index (χ3v) is 9.13. The molecule has 0 amide bonds. The van der Waals surface area contributed by atoms with E-state index >= 15 is 0 Å². The molecule has 146 valence electrons. The number of ketones is 1. The van der Waals surface area contributed by atoms with Crippen molar-refractivity contribution in [1.82, 2.24) is 5.32 Å². The lowest BCUT2D eigenvalue weighted by atomic mass is 9.47. The molecule has 0 unspecified atom stereocenters. The molecule has 0 aliphatic heterocycles. The fourth-order valence-corrected chi connectivity index (χ4v) is 7.55. The van der Waals surface area contributed by atoms with Crippen molar-refractivity contribution >= 4 is 5.78 Å². The fourth-order valence-electron chi connectivity index (χ4n) is 7.55. The van der Waals surface area contributed by atoms with Gasteiger partial charge < -0.3 is 5.32 Å².